The highest BCUT2D eigenvalue weighted by atomic mass is 14.9. The SMILES string of the molecule is CCNC1c2cc(C(C)(C)C)ccc2CC1C. The van der Waals surface area contributed by atoms with Gasteiger partial charge in [-0.05, 0) is 41.0 Å². The Hall–Kier alpha value is -0.820. The van der Waals surface area contributed by atoms with Crippen molar-refractivity contribution in [3.05, 3.63) is 34.9 Å². The van der Waals surface area contributed by atoms with Crippen molar-refractivity contribution in [3.8, 4) is 0 Å². The van der Waals surface area contributed by atoms with Crippen LogP contribution in [0.3, 0.4) is 0 Å². The molecule has 0 saturated heterocycles. The summed E-state index contributed by atoms with van der Waals surface area (Å²) in [6.07, 6.45) is 1.22. The molecule has 0 fully saturated rings. The van der Waals surface area contributed by atoms with Gasteiger partial charge in [-0.15, -0.1) is 0 Å². The molecule has 1 aliphatic carbocycles. The summed E-state index contributed by atoms with van der Waals surface area (Å²) in [6.45, 7) is 12.5. The molecule has 1 N–H and O–H groups in total. The zero-order valence-electron chi connectivity index (χ0n) is 11.8. The Bertz CT molecular complexity index is 400. The van der Waals surface area contributed by atoms with E-state index >= 15 is 0 Å². The summed E-state index contributed by atoms with van der Waals surface area (Å²) in [5.41, 5.74) is 4.77. The summed E-state index contributed by atoms with van der Waals surface area (Å²) in [4.78, 5) is 0. The van der Waals surface area contributed by atoms with Gasteiger partial charge in [-0.1, -0.05) is 52.8 Å². The van der Waals surface area contributed by atoms with Crippen LogP contribution in [-0.4, -0.2) is 6.54 Å². The van der Waals surface area contributed by atoms with Crippen molar-refractivity contribution in [2.75, 3.05) is 6.54 Å². The highest BCUT2D eigenvalue weighted by Crippen LogP contribution is 2.38. The molecular formula is C16H25N. The molecule has 1 heteroatoms. The number of nitrogens with one attached hydrogen (secondary N) is 1. The van der Waals surface area contributed by atoms with E-state index in [9.17, 15) is 0 Å². The molecule has 0 aromatic heterocycles. The summed E-state index contributed by atoms with van der Waals surface area (Å²) in [7, 11) is 0. The smallest absolute Gasteiger partial charge is 0.0351 e. The normalized spacial score (nSPS) is 23.8. The minimum Gasteiger partial charge on any atom is -0.310 e. The van der Waals surface area contributed by atoms with Crippen molar-refractivity contribution in [2.45, 2.75) is 52.5 Å². The Morgan fingerprint density at radius 3 is 2.59 bits per heavy atom. The Morgan fingerprint density at radius 1 is 1.29 bits per heavy atom. The third-order valence-corrected chi connectivity index (χ3v) is 3.88. The van der Waals surface area contributed by atoms with E-state index in [0.717, 1.165) is 12.5 Å². The molecule has 0 bridgehead atoms. The van der Waals surface area contributed by atoms with Crippen LogP contribution in [0.1, 0.15) is 57.4 Å². The van der Waals surface area contributed by atoms with Gasteiger partial charge < -0.3 is 5.32 Å². The minimum atomic E-state index is 0.248. The third-order valence-electron chi connectivity index (χ3n) is 3.88. The van der Waals surface area contributed by atoms with Crippen LogP contribution < -0.4 is 5.32 Å². The molecule has 94 valence electrons. The van der Waals surface area contributed by atoms with Gasteiger partial charge in [0.05, 0.1) is 0 Å². The van der Waals surface area contributed by atoms with Crippen LogP contribution in [0.5, 0.6) is 0 Å². The lowest BCUT2D eigenvalue weighted by atomic mass is 9.85. The maximum absolute atomic E-state index is 3.63. The summed E-state index contributed by atoms with van der Waals surface area (Å²) in [5, 5.41) is 3.63. The minimum absolute atomic E-state index is 0.248. The van der Waals surface area contributed by atoms with E-state index in [0.29, 0.717) is 6.04 Å². The highest BCUT2D eigenvalue weighted by Gasteiger charge is 2.29. The molecule has 0 amide bonds. The average Bonchev–Trinajstić information content (AvgIpc) is 2.54. The van der Waals surface area contributed by atoms with Crippen molar-refractivity contribution in [3.63, 3.8) is 0 Å². The van der Waals surface area contributed by atoms with Gasteiger partial charge in [0.25, 0.3) is 0 Å². The van der Waals surface area contributed by atoms with E-state index in [2.05, 4.69) is 58.1 Å². The average molecular weight is 231 g/mol. The van der Waals surface area contributed by atoms with Crippen molar-refractivity contribution in [2.24, 2.45) is 5.92 Å². The van der Waals surface area contributed by atoms with Gasteiger partial charge in [0.1, 0.15) is 0 Å². The predicted octanol–water partition coefficient (Wildman–Crippen LogP) is 3.83. The van der Waals surface area contributed by atoms with E-state index in [1.54, 1.807) is 0 Å². The summed E-state index contributed by atoms with van der Waals surface area (Å²) in [5.74, 6) is 0.722. The number of benzene rings is 1. The van der Waals surface area contributed by atoms with Gasteiger partial charge in [0.2, 0.25) is 0 Å². The van der Waals surface area contributed by atoms with Crippen molar-refractivity contribution >= 4 is 0 Å². The number of fused-ring (bicyclic) bond motifs is 1. The monoisotopic (exact) mass is 231 g/mol. The zero-order chi connectivity index (χ0) is 12.6. The molecule has 0 saturated carbocycles. The van der Waals surface area contributed by atoms with Crippen molar-refractivity contribution in [1.29, 1.82) is 0 Å². The van der Waals surface area contributed by atoms with Crippen LogP contribution in [0.4, 0.5) is 0 Å². The first-order valence-electron chi connectivity index (χ1n) is 6.80. The first-order chi connectivity index (χ1) is 7.93. The Labute approximate surface area is 106 Å². The fourth-order valence-corrected chi connectivity index (χ4v) is 2.84. The number of hydrogen-bond donors (Lipinski definition) is 1. The molecule has 1 nitrogen and oxygen atoms in total. The van der Waals surface area contributed by atoms with Gasteiger partial charge in [0.15, 0.2) is 0 Å². The van der Waals surface area contributed by atoms with E-state index in [-0.39, 0.29) is 5.41 Å². The third kappa shape index (κ3) is 2.40. The van der Waals surface area contributed by atoms with Crippen molar-refractivity contribution in [1.82, 2.24) is 5.32 Å². The van der Waals surface area contributed by atoms with Gasteiger partial charge in [0, 0.05) is 6.04 Å². The van der Waals surface area contributed by atoms with Gasteiger partial charge in [-0.3, -0.25) is 0 Å². The van der Waals surface area contributed by atoms with Crippen LogP contribution in [-0.2, 0) is 11.8 Å². The second-order valence-corrected chi connectivity index (χ2v) is 6.38. The quantitative estimate of drug-likeness (QED) is 0.815. The molecule has 17 heavy (non-hydrogen) atoms. The van der Waals surface area contributed by atoms with E-state index < -0.39 is 0 Å². The summed E-state index contributed by atoms with van der Waals surface area (Å²) in [6, 6.07) is 7.62. The molecule has 2 rings (SSSR count). The van der Waals surface area contributed by atoms with Gasteiger partial charge in [-0.25, -0.2) is 0 Å². The van der Waals surface area contributed by atoms with Crippen LogP contribution in [0.2, 0.25) is 0 Å². The molecule has 2 unspecified atom stereocenters. The molecule has 0 heterocycles. The Kier molecular flexibility index (Phi) is 3.31. The molecule has 1 aromatic rings. The topological polar surface area (TPSA) is 12.0 Å². The zero-order valence-corrected chi connectivity index (χ0v) is 11.8. The maximum Gasteiger partial charge on any atom is 0.0351 e. The number of hydrogen-bond acceptors (Lipinski definition) is 1. The summed E-state index contributed by atoms with van der Waals surface area (Å²) < 4.78 is 0. The lowest BCUT2D eigenvalue weighted by Gasteiger charge is -2.22. The van der Waals surface area contributed by atoms with Crippen LogP contribution in [0.25, 0.3) is 0 Å². The van der Waals surface area contributed by atoms with Gasteiger partial charge in [-0.2, -0.15) is 0 Å². The molecule has 0 spiro atoms. The summed E-state index contributed by atoms with van der Waals surface area (Å²) >= 11 is 0. The molecule has 2 atom stereocenters. The lowest BCUT2D eigenvalue weighted by molar-refractivity contribution is 0.425. The highest BCUT2D eigenvalue weighted by molar-refractivity contribution is 5.41. The second kappa shape index (κ2) is 4.45. The molecule has 0 radical (unpaired) electrons. The first kappa shape index (κ1) is 12.6. The largest absolute Gasteiger partial charge is 0.310 e. The molecule has 1 aromatic carbocycles. The standard InChI is InChI=1S/C16H25N/c1-6-17-15-11(2)9-12-7-8-13(10-14(12)15)16(3,4)5/h7-8,10-11,15,17H,6,9H2,1-5H3. The molecular weight excluding hydrogens is 206 g/mol. The van der Waals surface area contributed by atoms with Crippen LogP contribution in [0.15, 0.2) is 18.2 Å². The second-order valence-electron chi connectivity index (χ2n) is 6.38. The van der Waals surface area contributed by atoms with E-state index in [1.807, 2.05) is 0 Å². The van der Waals surface area contributed by atoms with E-state index in [4.69, 9.17) is 0 Å². The fourth-order valence-electron chi connectivity index (χ4n) is 2.84. The Morgan fingerprint density at radius 2 is 2.00 bits per heavy atom. The van der Waals surface area contributed by atoms with E-state index in [1.165, 1.54) is 23.1 Å². The number of rotatable bonds is 2. The fraction of sp³-hybridized carbons (Fsp3) is 0.625. The van der Waals surface area contributed by atoms with Crippen LogP contribution >= 0.6 is 0 Å². The van der Waals surface area contributed by atoms with Crippen molar-refractivity contribution < 1.29 is 0 Å². The molecule has 1 aliphatic rings. The molecule has 0 aliphatic heterocycles. The maximum atomic E-state index is 3.63. The predicted molar refractivity (Wildman–Crippen MR) is 74.4 cm³/mol. The first-order valence-corrected chi connectivity index (χ1v) is 6.80. The van der Waals surface area contributed by atoms with Gasteiger partial charge >= 0.3 is 0 Å². The Balaban J connectivity index is 2.38. The lowest BCUT2D eigenvalue weighted by Crippen LogP contribution is -2.24. The van der Waals surface area contributed by atoms with Crippen LogP contribution in [0, 0.1) is 5.92 Å².